The predicted octanol–water partition coefficient (Wildman–Crippen LogP) is 0.830. The van der Waals surface area contributed by atoms with Gasteiger partial charge in [-0.25, -0.2) is 4.68 Å². The van der Waals surface area contributed by atoms with E-state index in [-0.39, 0.29) is 0 Å². The van der Waals surface area contributed by atoms with Crippen LogP contribution in [0.25, 0.3) is 0 Å². The van der Waals surface area contributed by atoms with E-state index in [1.165, 1.54) is 0 Å². The van der Waals surface area contributed by atoms with Crippen molar-refractivity contribution in [3.8, 4) is 0 Å². The van der Waals surface area contributed by atoms with Gasteiger partial charge in [-0.1, -0.05) is 15.9 Å². The molecule has 0 spiro atoms. The van der Waals surface area contributed by atoms with Gasteiger partial charge in [0.2, 0.25) is 4.73 Å². The van der Waals surface area contributed by atoms with Gasteiger partial charge in [0, 0.05) is 5.33 Å². The molecule has 50 valence electrons. The van der Waals surface area contributed by atoms with E-state index in [1.54, 1.807) is 4.68 Å². The molecule has 0 saturated carbocycles. The highest BCUT2D eigenvalue weighted by Gasteiger charge is 1.97. The Balaban J connectivity index is 2.69. The quantitative estimate of drug-likeness (QED) is 0.736. The molecule has 0 unspecified atom stereocenters. The van der Waals surface area contributed by atoms with Crippen LogP contribution in [0.5, 0.6) is 0 Å². The Morgan fingerprint density at radius 2 is 2.33 bits per heavy atom. The highest BCUT2D eigenvalue weighted by molar-refractivity contribution is 9.10. The molecular formula is C3H4Br2N4. The van der Waals surface area contributed by atoms with E-state index < -0.39 is 0 Å². The maximum atomic E-state index is 3.68. The minimum Gasteiger partial charge on any atom is -0.219 e. The average Bonchev–Trinajstić information content (AvgIpc) is 2.18. The van der Waals surface area contributed by atoms with Crippen LogP contribution < -0.4 is 0 Å². The van der Waals surface area contributed by atoms with Gasteiger partial charge in [-0.3, -0.25) is 0 Å². The molecule has 0 atom stereocenters. The number of aromatic nitrogens is 4. The highest BCUT2D eigenvalue weighted by atomic mass is 79.9. The van der Waals surface area contributed by atoms with E-state index >= 15 is 0 Å². The lowest BCUT2D eigenvalue weighted by atomic mass is 10.8. The molecule has 0 aliphatic carbocycles. The summed E-state index contributed by atoms with van der Waals surface area (Å²) in [7, 11) is 0. The fraction of sp³-hybridized carbons (Fsp3) is 0.667. The number of rotatable bonds is 2. The van der Waals surface area contributed by atoms with Crippen LogP contribution in [0.1, 0.15) is 0 Å². The zero-order chi connectivity index (χ0) is 6.69. The Kier molecular flexibility index (Phi) is 2.59. The fourth-order valence-corrected chi connectivity index (χ4v) is 1.07. The van der Waals surface area contributed by atoms with Crippen molar-refractivity contribution in [3.05, 3.63) is 4.73 Å². The van der Waals surface area contributed by atoms with Gasteiger partial charge in [-0.05, 0) is 26.4 Å². The lowest BCUT2D eigenvalue weighted by molar-refractivity contribution is 0.623. The third-order valence-corrected chi connectivity index (χ3v) is 1.71. The number of hydrogen-bond acceptors (Lipinski definition) is 3. The van der Waals surface area contributed by atoms with Crippen LogP contribution in [0.2, 0.25) is 0 Å². The summed E-state index contributed by atoms with van der Waals surface area (Å²) < 4.78 is 2.33. The van der Waals surface area contributed by atoms with Crippen molar-refractivity contribution in [3.63, 3.8) is 0 Å². The Morgan fingerprint density at radius 1 is 1.56 bits per heavy atom. The minimum atomic E-state index is 0.668. The number of nitrogens with zero attached hydrogens (tertiary/aromatic N) is 4. The van der Waals surface area contributed by atoms with Gasteiger partial charge in [0.25, 0.3) is 0 Å². The summed E-state index contributed by atoms with van der Waals surface area (Å²) in [4.78, 5) is 0. The molecular weight excluding hydrogens is 252 g/mol. The standard InChI is InChI=1S/C3H4Br2N4/c4-1-2-9-3(5)6-7-8-9/h1-2H2. The summed E-state index contributed by atoms with van der Waals surface area (Å²) in [5, 5.41) is 11.6. The lowest BCUT2D eigenvalue weighted by Crippen LogP contribution is -2.01. The Labute approximate surface area is 68.9 Å². The lowest BCUT2D eigenvalue weighted by Gasteiger charge is -1.92. The maximum absolute atomic E-state index is 3.68. The van der Waals surface area contributed by atoms with E-state index in [2.05, 4.69) is 47.4 Å². The minimum absolute atomic E-state index is 0.668. The highest BCUT2D eigenvalue weighted by Crippen LogP contribution is 2.01. The Hall–Kier alpha value is 0.0300. The molecule has 0 fully saturated rings. The molecule has 4 nitrogen and oxygen atoms in total. The third kappa shape index (κ3) is 1.72. The molecule has 1 aromatic rings. The summed E-state index contributed by atoms with van der Waals surface area (Å²) in [6.07, 6.45) is 0. The topological polar surface area (TPSA) is 43.6 Å². The summed E-state index contributed by atoms with van der Waals surface area (Å²) in [6, 6.07) is 0. The van der Waals surface area contributed by atoms with Gasteiger partial charge in [-0.15, -0.1) is 5.10 Å². The van der Waals surface area contributed by atoms with Crippen LogP contribution in [-0.2, 0) is 6.54 Å². The van der Waals surface area contributed by atoms with Crippen molar-refractivity contribution in [2.24, 2.45) is 0 Å². The molecule has 9 heavy (non-hydrogen) atoms. The van der Waals surface area contributed by atoms with Crippen molar-refractivity contribution >= 4 is 31.9 Å². The maximum Gasteiger partial charge on any atom is 0.218 e. The molecule has 0 N–H and O–H groups in total. The first-order valence-corrected chi connectivity index (χ1v) is 4.23. The van der Waals surface area contributed by atoms with Crippen LogP contribution in [0.3, 0.4) is 0 Å². The molecule has 6 heteroatoms. The van der Waals surface area contributed by atoms with Gasteiger partial charge >= 0.3 is 0 Å². The zero-order valence-electron chi connectivity index (χ0n) is 4.46. The van der Waals surface area contributed by atoms with E-state index in [0.29, 0.717) is 4.73 Å². The summed E-state index contributed by atoms with van der Waals surface area (Å²) in [5.41, 5.74) is 0. The summed E-state index contributed by atoms with van der Waals surface area (Å²) in [6.45, 7) is 0.785. The molecule has 0 amide bonds. The average molecular weight is 256 g/mol. The van der Waals surface area contributed by atoms with Crippen molar-refractivity contribution in [1.29, 1.82) is 0 Å². The second-order valence-electron chi connectivity index (χ2n) is 1.36. The largest absolute Gasteiger partial charge is 0.219 e. The first-order chi connectivity index (χ1) is 4.34. The molecule has 0 saturated heterocycles. The normalized spacial score (nSPS) is 10.0. The zero-order valence-corrected chi connectivity index (χ0v) is 7.63. The summed E-state index contributed by atoms with van der Waals surface area (Å²) >= 11 is 6.44. The van der Waals surface area contributed by atoms with E-state index in [4.69, 9.17) is 0 Å². The molecule has 0 radical (unpaired) electrons. The molecule has 0 bridgehead atoms. The molecule has 1 rings (SSSR count). The number of halogens is 2. The van der Waals surface area contributed by atoms with Crippen molar-refractivity contribution in [1.82, 2.24) is 20.2 Å². The third-order valence-electron chi connectivity index (χ3n) is 0.785. The van der Waals surface area contributed by atoms with Gasteiger partial charge in [0.05, 0.1) is 6.54 Å². The number of tetrazole rings is 1. The monoisotopic (exact) mass is 254 g/mol. The van der Waals surface area contributed by atoms with Crippen molar-refractivity contribution in [2.45, 2.75) is 6.54 Å². The Bertz CT molecular complexity index is 186. The molecule has 0 aliphatic heterocycles. The van der Waals surface area contributed by atoms with Crippen LogP contribution in [0, 0.1) is 0 Å². The molecule has 0 aromatic carbocycles. The SMILES string of the molecule is BrCCn1nnnc1Br. The number of hydrogen-bond donors (Lipinski definition) is 0. The molecule has 1 heterocycles. The van der Waals surface area contributed by atoms with Crippen molar-refractivity contribution in [2.75, 3.05) is 5.33 Å². The fourth-order valence-electron chi connectivity index (χ4n) is 0.411. The van der Waals surface area contributed by atoms with E-state index in [0.717, 1.165) is 11.9 Å². The van der Waals surface area contributed by atoms with Crippen LogP contribution >= 0.6 is 31.9 Å². The second-order valence-corrected chi connectivity index (χ2v) is 2.86. The van der Waals surface area contributed by atoms with Crippen LogP contribution in [0.15, 0.2) is 4.73 Å². The van der Waals surface area contributed by atoms with Crippen LogP contribution in [0.4, 0.5) is 0 Å². The molecule has 1 aromatic heterocycles. The number of alkyl halides is 1. The van der Waals surface area contributed by atoms with Crippen molar-refractivity contribution < 1.29 is 0 Å². The predicted molar refractivity (Wildman–Crippen MR) is 39.3 cm³/mol. The number of aryl methyl sites for hydroxylation is 1. The van der Waals surface area contributed by atoms with Crippen LogP contribution in [-0.4, -0.2) is 25.5 Å². The van der Waals surface area contributed by atoms with E-state index in [1.807, 2.05) is 0 Å². The Morgan fingerprint density at radius 3 is 2.78 bits per heavy atom. The van der Waals surface area contributed by atoms with Gasteiger partial charge < -0.3 is 0 Å². The molecule has 0 aliphatic rings. The first kappa shape index (κ1) is 7.14. The summed E-state index contributed by atoms with van der Waals surface area (Å²) in [5.74, 6) is 0. The second kappa shape index (κ2) is 3.26. The first-order valence-electron chi connectivity index (χ1n) is 2.32. The van der Waals surface area contributed by atoms with Gasteiger partial charge in [0.15, 0.2) is 0 Å². The van der Waals surface area contributed by atoms with Gasteiger partial charge in [0.1, 0.15) is 0 Å². The smallest absolute Gasteiger partial charge is 0.218 e. The van der Waals surface area contributed by atoms with E-state index in [9.17, 15) is 0 Å². The van der Waals surface area contributed by atoms with Gasteiger partial charge in [-0.2, -0.15) is 0 Å².